The maximum absolute atomic E-state index is 5.78. The highest BCUT2D eigenvalue weighted by Gasteiger charge is 2.42. The van der Waals surface area contributed by atoms with Crippen LogP contribution < -0.4 is 10.1 Å². The summed E-state index contributed by atoms with van der Waals surface area (Å²) in [5, 5.41) is 3.96. The first-order valence-corrected chi connectivity index (χ1v) is 8.29. The number of ether oxygens (including phenoxy) is 1. The normalized spacial score (nSPS) is 26.1. The Labute approximate surface area is 123 Å². The zero-order valence-corrected chi connectivity index (χ0v) is 12.7. The maximum atomic E-state index is 5.78. The van der Waals surface area contributed by atoms with Crippen LogP contribution in [-0.2, 0) is 0 Å². The third kappa shape index (κ3) is 2.55. The zero-order chi connectivity index (χ0) is 12.8. The van der Waals surface area contributed by atoms with E-state index in [0.29, 0.717) is 6.04 Å². The van der Waals surface area contributed by atoms with Crippen LogP contribution in [0.3, 0.4) is 0 Å². The number of rotatable bonds is 4. The summed E-state index contributed by atoms with van der Waals surface area (Å²) in [4.78, 5) is 0. The summed E-state index contributed by atoms with van der Waals surface area (Å²) < 4.78 is 6.93. The molecule has 1 aliphatic heterocycles. The highest BCUT2D eigenvalue weighted by atomic mass is 79.9. The van der Waals surface area contributed by atoms with Gasteiger partial charge in [0.05, 0.1) is 6.61 Å². The molecule has 0 spiro atoms. The van der Waals surface area contributed by atoms with E-state index in [-0.39, 0.29) is 0 Å². The van der Waals surface area contributed by atoms with Crippen LogP contribution in [0.2, 0.25) is 0 Å². The van der Waals surface area contributed by atoms with Gasteiger partial charge in [0.15, 0.2) is 0 Å². The molecule has 3 heteroatoms. The van der Waals surface area contributed by atoms with Gasteiger partial charge in [-0.15, -0.1) is 0 Å². The number of hydrogen-bond donors (Lipinski definition) is 1. The number of benzene rings is 1. The lowest BCUT2D eigenvalue weighted by Gasteiger charge is -2.31. The molecule has 1 atom stereocenters. The SMILES string of the molecule is Brc1ccc2c(c1)C(NC(C1CC1)C1CC1)CCO2. The molecule has 2 nitrogen and oxygen atoms in total. The van der Waals surface area contributed by atoms with E-state index in [1.165, 1.54) is 31.2 Å². The Hall–Kier alpha value is -0.540. The summed E-state index contributed by atoms with van der Waals surface area (Å²) in [6.07, 6.45) is 6.83. The largest absolute Gasteiger partial charge is 0.493 e. The van der Waals surface area contributed by atoms with Gasteiger partial charge in [-0.25, -0.2) is 0 Å². The van der Waals surface area contributed by atoms with Crippen LogP contribution in [0.15, 0.2) is 22.7 Å². The zero-order valence-electron chi connectivity index (χ0n) is 11.1. The summed E-state index contributed by atoms with van der Waals surface area (Å²) in [6, 6.07) is 7.63. The quantitative estimate of drug-likeness (QED) is 0.903. The van der Waals surface area contributed by atoms with Crippen molar-refractivity contribution in [1.29, 1.82) is 0 Å². The third-order valence-corrected chi connectivity index (χ3v) is 5.16. The van der Waals surface area contributed by atoms with E-state index < -0.39 is 0 Å². The minimum atomic E-state index is 0.479. The van der Waals surface area contributed by atoms with E-state index in [4.69, 9.17) is 4.74 Å². The lowest BCUT2D eigenvalue weighted by molar-refractivity contribution is 0.234. The standard InChI is InChI=1S/C16H20BrNO/c17-12-5-6-15-13(9-12)14(7-8-19-15)18-16(10-1-2-10)11-3-4-11/h5-6,9-11,14,16,18H,1-4,7-8H2. The van der Waals surface area contributed by atoms with Crippen molar-refractivity contribution in [2.24, 2.45) is 11.8 Å². The summed E-state index contributed by atoms with van der Waals surface area (Å²) >= 11 is 3.58. The van der Waals surface area contributed by atoms with Crippen molar-refractivity contribution < 1.29 is 4.74 Å². The Morgan fingerprint density at radius 2 is 1.84 bits per heavy atom. The average molecular weight is 322 g/mol. The number of hydrogen-bond acceptors (Lipinski definition) is 2. The van der Waals surface area contributed by atoms with E-state index in [0.717, 1.165) is 41.1 Å². The molecule has 4 rings (SSSR count). The first-order valence-electron chi connectivity index (χ1n) is 7.49. The lowest BCUT2D eigenvalue weighted by Crippen LogP contribution is -2.38. The Morgan fingerprint density at radius 3 is 2.53 bits per heavy atom. The Kier molecular flexibility index (Phi) is 3.07. The topological polar surface area (TPSA) is 21.3 Å². The first kappa shape index (κ1) is 12.2. The second kappa shape index (κ2) is 4.78. The molecule has 1 aromatic carbocycles. The fourth-order valence-electron chi connectivity index (χ4n) is 3.34. The minimum absolute atomic E-state index is 0.479. The first-order chi connectivity index (χ1) is 9.31. The van der Waals surface area contributed by atoms with Crippen LogP contribution in [-0.4, -0.2) is 12.6 Å². The van der Waals surface area contributed by atoms with Gasteiger partial charge in [-0.1, -0.05) is 15.9 Å². The van der Waals surface area contributed by atoms with Crippen molar-refractivity contribution in [3.63, 3.8) is 0 Å². The second-order valence-electron chi connectivity index (χ2n) is 6.24. The molecule has 0 amide bonds. The van der Waals surface area contributed by atoms with Crippen LogP contribution in [0.5, 0.6) is 5.75 Å². The lowest BCUT2D eigenvalue weighted by atomic mass is 9.97. The Balaban J connectivity index is 1.56. The molecule has 1 aromatic rings. The van der Waals surface area contributed by atoms with E-state index in [9.17, 15) is 0 Å². The van der Waals surface area contributed by atoms with Crippen molar-refractivity contribution >= 4 is 15.9 Å². The van der Waals surface area contributed by atoms with Gasteiger partial charge in [-0.3, -0.25) is 0 Å². The average Bonchev–Trinajstić information content (AvgIpc) is 3.28. The summed E-state index contributed by atoms with van der Waals surface area (Å²) in [5.74, 6) is 2.97. The van der Waals surface area contributed by atoms with E-state index in [2.05, 4.69) is 39.4 Å². The van der Waals surface area contributed by atoms with Gasteiger partial charge in [0.25, 0.3) is 0 Å². The van der Waals surface area contributed by atoms with Crippen LogP contribution in [0, 0.1) is 11.8 Å². The van der Waals surface area contributed by atoms with Crippen LogP contribution in [0.1, 0.15) is 43.7 Å². The minimum Gasteiger partial charge on any atom is -0.493 e. The van der Waals surface area contributed by atoms with Crippen LogP contribution >= 0.6 is 15.9 Å². The van der Waals surface area contributed by atoms with Crippen molar-refractivity contribution in [3.8, 4) is 5.75 Å². The van der Waals surface area contributed by atoms with Crippen molar-refractivity contribution in [2.45, 2.75) is 44.2 Å². The van der Waals surface area contributed by atoms with E-state index in [1.807, 2.05) is 0 Å². The fraction of sp³-hybridized carbons (Fsp3) is 0.625. The molecule has 3 aliphatic rings. The molecule has 0 aromatic heterocycles. The summed E-state index contributed by atoms with van der Waals surface area (Å²) in [7, 11) is 0. The number of nitrogens with one attached hydrogen (secondary N) is 1. The van der Waals surface area contributed by atoms with E-state index >= 15 is 0 Å². The van der Waals surface area contributed by atoms with Gasteiger partial charge < -0.3 is 10.1 Å². The Bertz CT molecular complexity index is 470. The number of fused-ring (bicyclic) bond motifs is 1. The van der Waals surface area contributed by atoms with Gasteiger partial charge in [0.2, 0.25) is 0 Å². The maximum Gasteiger partial charge on any atom is 0.124 e. The summed E-state index contributed by atoms with van der Waals surface area (Å²) in [5.41, 5.74) is 1.34. The molecule has 19 heavy (non-hydrogen) atoms. The van der Waals surface area contributed by atoms with Gasteiger partial charge in [0.1, 0.15) is 5.75 Å². The monoisotopic (exact) mass is 321 g/mol. The molecule has 2 aliphatic carbocycles. The smallest absolute Gasteiger partial charge is 0.124 e. The molecule has 1 heterocycles. The van der Waals surface area contributed by atoms with Crippen LogP contribution in [0.25, 0.3) is 0 Å². The van der Waals surface area contributed by atoms with Gasteiger partial charge in [0, 0.05) is 28.5 Å². The third-order valence-electron chi connectivity index (χ3n) is 4.66. The molecule has 0 bridgehead atoms. The van der Waals surface area contributed by atoms with Gasteiger partial charge >= 0.3 is 0 Å². The highest BCUT2D eigenvalue weighted by molar-refractivity contribution is 9.10. The van der Waals surface area contributed by atoms with Crippen LogP contribution in [0.4, 0.5) is 0 Å². The summed E-state index contributed by atoms with van der Waals surface area (Å²) in [6.45, 7) is 0.842. The molecular formula is C16H20BrNO. The van der Waals surface area contributed by atoms with E-state index in [1.54, 1.807) is 0 Å². The second-order valence-corrected chi connectivity index (χ2v) is 7.15. The molecule has 1 unspecified atom stereocenters. The Morgan fingerprint density at radius 1 is 1.11 bits per heavy atom. The molecule has 0 saturated heterocycles. The van der Waals surface area contributed by atoms with Crippen molar-refractivity contribution in [3.05, 3.63) is 28.2 Å². The molecule has 102 valence electrons. The molecule has 2 fully saturated rings. The molecule has 2 saturated carbocycles. The van der Waals surface area contributed by atoms with Crippen molar-refractivity contribution in [1.82, 2.24) is 5.32 Å². The van der Waals surface area contributed by atoms with Crippen molar-refractivity contribution in [2.75, 3.05) is 6.61 Å². The molecular weight excluding hydrogens is 302 g/mol. The number of halogens is 1. The predicted octanol–water partition coefficient (Wildman–Crippen LogP) is 4.05. The molecule has 0 radical (unpaired) electrons. The predicted molar refractivity (Wildman–Crippen MR) is 79.4 cm³/mol. The fourth-order valence-corrected chi connectivity index (χ4v) is 3.72. The molecule has 1 N–H and O–H groups in total. The van der Waals surface area contributed by atoms with Gasteiger partial charge in [-0.05, 0) is 55.7 Å². The van der Waals surface area contributed by atoms with Gasteiger partial charge in [-0.2, -0.15) is 0 Å². The highest BCUT2D eigenvalue weighted by Crippen LogP contribution is 2.46.